The summed E-state index contributed by atoms with van der Waals surface area (Å²) in [4.78, 5) is 32.2. The third-order valence-electron chi connectivity index (χ3n) is 4.86. The first-order valence-electron chi connectivity index (χ1n) is 10.4. The van der Waals surface area contributed by atoms with E-state index in [0.29, 0.717) is 16.9 Å². The number of carbonyl (C=O) groups is 2. The number of aromatic amines is 1. The van der Waals surface area contributed by atoms with Crippen molar-refractivity contribution in [2.45, 2.75) is 16.7 Å². The van der Waals surface area contributed by atoms with E-state index in [-0.39, 0.29) is 17.6 Å². The van der Waals surface area contributed by atoms with Crippen LogP contribution in [-0.4, -0.2) is 27.5 Å². The number of carbonyl (C=O) groups excluding carboxylic acids is 2. The summed E-state index contributed by atoms with van der Waals surface area (Å²) in [6.45, 7) is 0. The number of rotatable bonds is 8. The molecule has 0 bridgehead atoms. The number of nitrogens with zero attached hydrogens (tertiary/aromatic N) is 2. The van der Waals surface area contributed by atoms with Gasteiger partial charge in [-0.25, -0.2) is 4.98 Å². The molecule has 0 saturated carbocycles. The van der Waals surface area contributed by atoms with Crippen molar-refractivity contribution in [3.05, 3.63) is 95.1 Å². The molecule has 1 aromatic heterocycles. The molecule has 0 saturated heterocycles. The fourth-order valence-electron chi connectivity index (χ4n) is 3.07. The lowest BCUT2D eigenvalue weighted by atomic mass is 10.1. The molecule has 2 amide bonds. The van der Waals surface area contributed by atoms with Crippen LogP contribution in [0.4, 0.5) is 0 Å². The fraction of sp³-hybridized carbons (Fsp3) is 0.120. The highest BCUT2D eigenvalue weighted by atomic mass is 32.2. The van der Waals surface area contributed by atoms with Crippen molar-refractivity contribution < 1.29 is 9.59 Å². The van der Waals surface area contributed by atoms with Gasteiger partial charge in [0.1, 0.15) is 0 Å². The normalized spacial score (nSPS) is 10.6. The number of H-pyrrole nitrogens is 1. The lowest BCUT2D eigenvalue weighted by Gasteiger charge is -2.08. The van der Waals surface area contributed by atoms with Crippen LogP contribution in [0.3, 0.4) is 0 Å². The molecule has 0 aliphatic carbocycles. The van der Waals surface area contributed by atoms with Gasteiger partial charge in [-0.15, -0.1) is 11.8 Å². The largest absolute Gasteiger partial charge is 0.333 e. The number of thioether (sulfide) groups is 2. The van der Waals surface area contributed by atoms with Crippen LogP contribution in [0.5, 0.6) is 0 Å². The zero-order valence-corrected chi connectivity index (χ0v) is 19.7. The first-order valence-corrected chi connectivity index (χ1v) is 12.6. The molecule has 3 N–H and O–H groups in total. The van der Waals surface area contributed by atoms with E-state index >= 15 is 0 Å². The monoisotopic (exact) mass is 487 g/mol. The summed E-state index contributed by atoms with van der Waals surface area (Å²) in [5, 5.41) is 9.67. The van der Waals surface area contributed by atoms with Crippen LogP contribution in [0.1, 0.15) is 27.0 Å². The van der Waals surface area contributed by atoms with Gasteiger partial charge in [0.2, 0.25) is 5.91 Å². The molecule has 4 aromatic rings. The maximum Gasteiger partial charge on any atom is 0.269 e. The highest BCUT2D eigenvalue weighted by Crippen LogP contribution is 2.23. The zero-order valence-electron chi connectivity index (χ0n) is 18.1. The zero-order chi connectivity index (χ0) is 23.8. The van der Waals surface area contributed by atoms with E-state index in [2.05, 4.69) is 26.9 Å². The Morgan fingerprint density at radius 2 is 1.62 bits per heavy atom. The molecule has 3 aromatic carbocycles. The van der Waals surface area contributed by atoms with Crippen molar-refractivity contribution in [1.29, 1.82) is 5.26 Å². The van der Waals surface area contributed by atoms with Gasteiger partial charge in [-0.1, -0.05) is 48.2 Å². The van der Waals surface area contributed by atoms with E-state index in [1.807, 2.05) is 48.5 Å². The Labute approximate surface area is 205 Å². The number of nitrogens with one attached hydrogen (secondary N) is 3. The molecule has 0 spiro atoms. The molecule has 0 radical (unpaired) electrons. The topological polar surface area (TPSA) is 111 Å². The Hall–Kier alpha value is -3.74. The highest BCUT2D eigenvalue weighted by Gasteiger charge is 2.09. The minimum absolute atomic E-state index is 0.207. The van der Waals surface area contributed by atoms with Gasteiger partial charge in [-0.2, -0.15) is 5.26 Å². The summed E-state index contributed by atoms with van der Waals surface area (Å²) in [6.07, 6.45) is 0. The third-order valence-corrected chi connectivity index (χ3v) is 6.81. The number of hydrazine groups is 1. The molecular formula is C25H21N5O2S2. The Kier molecular flexibility index (Phi) is 7.86. The van der Waals surface area contributed by atoms with Gasteiger partial charge >= 0.3 is 0 Å². The van der Waals surface area contributed by atoms with Crippen LogP contribution in [0, 0.1) is 11.3 Å². The standard InChI is InChI=1S/C25H21N5O2S2/c26-13-17-5-7-18(8-6-17)14-33-16-23(31)29-30-24(32)20-11-9-19(10-12-20)15-34-25-27-21-3-1-2-4-22(21)28-25/h1-12H,14-16H2,(H,27,28)(H,29,31)(H,30,32). The lowest BCUT2D eigenvalue weighted by Crippen LogP contribution is -2.42. The minimum atomic E-state index is -0.373. The minimum Gasteiger partial charge on any atom is -0.333 e. The summed E-state index contributed by atoms with van der Waals surface area (Å²) in [5.41, 5.74) is 9.98. The number of benzene rings is 3. The van der Waals surface area contributed by atoms with Crippen molar-refractivity contribution >= 4 is 46.4 Å². The molecule has 0 fully saturated rings. The second-order valence-electron chi connectivity index (χ2n) is 7.35. The Morgan fingerprint density at radius 3 is 2.35 bits per heavy atom. The molecule has 7 nitrogen and oxygen atoms in total. The summed E-state index contributed by atoms with van der Waals surface area (Å²) in [5.74, 6) is 0.904. The summed E-state index contributed by atoms with van der Waals surface area (Å²) < 4.78 is 0. The quantitative estimate of drug-likeness (QED) is 0.251. The predicted molar refractivity (Wildman–Crippen MR) is 135 cm³/mol. The van der Waals surface area contributed by atoms with Crippen molar-refractivity contribution in [3.8, 4) is 6.07 Å². The van der Waals surface area contributed by atoms with Crippen LogP contribution in [0.25, 0.3) is 11.0 Å². The number of hydrogen-bond acceptors (Lipinski definition) is 6. The molecule has 1 heterocycles. The molecular weight excluding hydrogens is 466 g/mol. The van der Waals surface area contributed by atoms with Gasteiger partial charge in [0.15, 0.2) is 5.16 Å². The van der Waals surface area contributed by atoms with E-state index in [9.17, 15) is 9.59 Å². The van der Waals surface area contributed by atoms with Crippen LogP contribution >= 0.6 is 23.5 Å². The average Bonchev–Trinajstić information content (AvgIpc) is 3.30. The average molecular weight is 488 g/mol. The molecule has 34 heavy (non-hydrogen) atoms. The van der Waals surface area contributed by atoms with Gasteiger partial charge in [-0.3, -0.25) is 20.4 Å². The first-order chi connectivity index (χ1) is 16.6. The molecule has 4 rings (SSSR count). The third kappa shape index (κ3) is 6.41. The van der Waals surface area contributed by atoms with Crippen molar-refractivity contribution in [2.75, 3.05) is 5.75 Å². The number of para-hydroxylation sites is 2. The summed E-state index contributed by atoms with van der Waals surface area (Å²) in [6, 6.07) is 24.4. The second kappa shape index (κ2) is 11.4. The molecule has 0 unspecified atom stereocenters. The van der Waals surface area contributed by atoms with Crippen LogP contribution < -0.4 is 10.9 Å². The van der Waals surface area contributed by atoms with Crippen LogP contribution in [0.2, 0.25) is 0 Å². The van der Waals surface area contributed by atoms with E-state index in [1.165, 1.54) is 11.8 Å². The van der Waals surface area contributed by atoms with Crippen LogP contribution in [-0.2, 0) is 16.3 Å². The predicted octanol–water partition coefficient (Wildman–Crippen LogP) is 4.42. The number of imidazole rings is 1. The summed E-state index contributed by atoms with van der Waals surface area (Å²) >= 11 is 3.02. The Balaban J connectivity index is 1.18. The first kappa shape index (κ1) is 23.4. The van der Waals surface area contributed by atoms with E-state index in [4.69, 9.17) is 5.26 Å². The maximum atomic E-state index is 12.3. The SMILES string of the molecule is N#Cc1ccc(CSCC(=O)NNC(=O)c2ccc(CSc3nc4ccccc4[nH]3)cc2)cc1. The van der Waals surface area contributed by atoms with E-state index < -0.39 is 0 Å². The molecule has 0 atom stereocenters. The number of fused-ring (bicyclic) bond motifs is 1. The molecule has 170 valence electrons. The smallest absolute Gasteiger partial charge is 0.269 e. The highest BCUT2D eigenvalue weighted by molar-refractivity contribution is 7.99. The van der Waals surface area contributed by atoms with Crippen molar-refractivity contribution in [2.24, 2.45) is 0 Å². The lowest BCUT2D eigenvalue weighted by molar-refractivity contribution is -0.119. The molecule has 0 aliphatic heterocycles. The number of amides is 2. The van der Waals surface area contributed by atoms with E-state index in [1.54, 1.807) is 36.0 Å². The maximum absolute atomic E-state index is 12.3. The number of aromatic nitrogens is 2. The van der Waals surface area contributed by atoms with Crippen molar-refractivity contribution in [3.63, 3.8) is 0 Å². The molecule has 0 aliphatic rings. The molecule has 9 heteroatoms. The van der Waals surface area contributed by atoms with Gasteiger partial charge in [0.25, 0.3) is 5.91 Å². The van der Waals surface area contributed by atoms with Gasteiger partial charge in [0.05, 0.1) is 28.4 Å². The van der Waals surface area contributed by atoms with Gasteiger partial charge < -0.3 is 4.98 Å². The Bertz CT molecular complexity index is 1300. The Morgan fingerprint density at radius 1 is 0.912 bits per heavy atom. The number of nitriles is 1. The summed E-state index contributed by atoms with van der Waals surface area (Å²) in [7, 11) is 0. The van der Waals surface area contributed by atoms with Crippen molar-refractivity contribution in [1.82, 2.24) is 20.8 Å². The van der Waals surface area contributed by atoms with E-state index in [0.717, 1.165) is 33.1 Å². The van der Waals surface area contributed by atoms with Gasteiger partial charge in [0, 0.05) is 17.1 Å². The van der Waals surface area contributed by atoms with Gasteiger partial charge in [-0.05, 0) is 47.5 Å². The fourth-order valence-corrected chi connectivity index (χ4v) is 4.70. The van der Waals surface area contributed by atoms with Crippen LogP contribution in [0.15, 0.2) is 78.0 Å². The number of hydrogen-bond donors (Lipinski definition) is 3. The second-order valence-corrected chi connectivity index (χ2v) is 9.30.